The molecule has 0 saturated heterocycles. The van der Waals surface area contributed by atoms with Gasteiger partial charge >= 0.3 is 0 Å². The molecule has 0 aliphatic rings. The van der Waals surface area contributed by atoms with E-state index in [1.54, 1.807) is 42.5 Å². The molecule has 0 unspecified atom stereocenters. The fourth-order valence-electron chi connectivity index (χ4n) is 2.74. The molecule has 0 bridgehead atoms. The van der Waals surface area contributed by atoms with E-state index in [1.165, 1.54) is 36.5 Å². The molecule has 0 atom stereocenters. The number of nitrogens with one attached hydrogen (secondary N) is 1. The van der Waals surface area contributed by atoms with Gasteiger partial charge in [-0.3, -0.25) is 19.2 Å². The molecule has 9 nitrogen and oxygen atoms in total. The Bertz CT molecular complexity index is 1300. The van der Waals surface area contributed by atoms with Crippen LogP contribution < -0.4 is 9.73 Å². The highest BCUT2D eigenvalue weighted by Crippen LogP contribution is 2.25. The lowest BCUT2D eigenvalue weighted by Gasteiger charge is -2.23. The number of hydrazone groups is 1. The number of hydrogen-bond acceptors (Lipinski definition) is 6. The normalized spacial score (nSPS) is 11.3. The zero-order chi connectivity index (χ0) is 24.0. The molecular weight excluding hydrogens is 583 g/mol. The average Bonchev–Trinajstić information content (AvgIpc) is 2.79. The molecule has 3 aromatic carbocycles. The first-order valence-electron chi connectivity index (χ1n) is 9.27. The summed E-state index contributed by atoms with van der Waals surface area (Å²) in [5.41, 5.74) is 2.59. The minimum atomic E-state index is -4.03. The summed E-state index contributed by atoms with van der Waals surface area (Å²) in [6, 6.07) is 18.5. The van der Waals surface area contributed by atoms with E-state index in [0.717, 1.165) is 7.88 Å². The Hall–Kier alpha value is -3.03. The second-order valence-corrected chi connectivity index (χ2v) is 10.1. The van der Waals surface area contributed by atoms with Crippen molar-refractivity contribution in [1.82, 2.24) is 5.43 Å². The number of carbonyl (C=O) groups is 1. The van der Waals surface area contributed by atoms with Crippen molar-refractivity contribution in [2.24, 2.45) is 5.10 Å². The maximum atomic E-state index is 13.2. The van der Waals surface area contributed by atoms with Crippen LogP contribution in [0, 0.1) is 13.7 Å². The fourth-order valence-corrected chi connectivity index (χ4v) is 4.72. The maximum Gasteiger partial charge on any atom is 0.288 e. The van der Waals surface area contributed by atoms with Crippen LogP contribution in [-0.2, 0) is 14.8 Å². The van der Waals surface area contributed by atoms with E-state index in [4.69, 9.17) is 11.6 Å². The Morgan fingerprint density at radius 1 is 1.12 bits per heavy atom. The summed E-state index contributed by atoms with van der Waals surface area (Å²) in [6.45, 7) is -0.532. The monoisotopic (exact) mass is 598 g/mol. The SMILES string of the molecule is O=C(CN(c1ccc(I)cc1)S(=O)(=O)c1ccccc1)N/N=C\c1ccc(Cl)c([N+](=O)[O-])c1. The van der Waals surface area contributed by atoms with Gasteiger partial charge in [0.1, 0.15) is 11.6 Å². The highest BCUT2D eigenvalue weighted by atomic mass is 127. The number of benzene rings is 3. The summed E-state index contributed by atoms with van der Waals surface area (Å²) in [7, 11) is -4.03. The van der Waals surface area contributed by atoms with E-state index >= 15 is 0 Å². The summed E-state index contributed by atoms with van der Waals surface area (Å²) in [5, 5.41) is 14.7. The van der Waals surface area contributed by atoms with Crippen LogP contribution in [0.25, 0.3) is 0 Å². The van der Waals surface area contributed by atoms with Crippen LogP contribution in [0.2, 0.25) is 5.02 Å². The molecule has 0 heterocycles. The summed E-state index contributed by atoms with van der Waals surface area (Å²) < 4.78 is 28.3. The molecule has 3 aromatic rings. The van der Waals surface area contributed by atoms with Crippen LogP contribution in [0.15, 0.2) is 82.8 Å². The van der Waals surface area contributed by atoms with Crippen molar-refractivity contribution < 1.29 is 18.1 Å². The van der Waals surface area contributed by atoms with E-state index in [-0.39, 0.29) is 15.6 Å². The lowest BCUT2D eigenvalue weighted by molar-refractivity contribution is -0.384. The van der Waals surface area contributed by atoms with E-state index in [9.17, 15) is 23.3 Å². The van der Waals surface area contributed by atoms with Gasteiger partial charge in [0.05, 0.1) is 21.7 Å². The summed E-state index contributed by atoms with van der Waals surface area (Å²) in [5.74, 6) is -0.701. The summed E-state index contributed by atoms with van der Waals surface area (Å²) in [6.07, 6.45) is 1.20. The summed E-state index contributed by atoms with van der Waals surface area (Å²) in [4.78, 5) is 22.9. The van der Waals surface area contributed by atoms with Crippen LogP contribution in [-0.4, -0.2) is 32.0 Å². The molecule has 1 N–H and O–H groups in total. The molecule has 33 heavy (non-hydrogen) atoms. The number of nitro groups is 1. The minimum absolute atomic E-state index is 0.0273. The van der Waals surface area contributed by atoms with E-state index in [2.05, 4.69) is 33.1 Å². The minimum Gasteiger partial charge on any atom is -0.271 e. The van der Waals surface area contributed by atoms with Gasteiger partial charge in [-0.1, -0.05) is 35.9 Å². The van der Waals surface area contributed by atoms with Crippen LogP contribution in [0.5, 0.6) is 0 Å². The zero-order valence-corrected chi connectivity index (χ0v) is 20.5. The van der Waals surface area contributed by atoms with Crippen molar-refractivity contribution in [2.45, 2.75) is 4.90 Å². The van der Waals surface area contributed by atoms with E-state index < -0.39 is 27.4 Å². The van der Waals surface area contributed by atoms with Crippen molar-refractivity contribution in [3.63, 3.8) is 0 Å². The van der Waals surface area contributed by atoms with Crippen molar-refractivity contribution in [1.29, 1.82) is 0 Å². The molecule has 0 radical (unpaired) electrons. The lowest BCUT2D eigenvalue weighted by atomic mass is 10.2. The molecule has 0 saturated carbocycles. The number of sulfonamides is 1. The number of hydrogen-bond donors (Lipinski definition) is 1. The second-order valence-electron chi connectivity index (χ2n) is 6.56. The Labute approximate surface area is 208 Å². The zero-order valence-electron chi connectivity index (χ0n) is 16.8. The number of amides is 1. The van der Waals surface area contributed by atoms with Gasteiger partial charge < -0.3 is 0 Å². The number of halogens is 2. The third kappa shape index (κ3) is 6.27. The smallest absolute Gasteiger partial charge is 0.271 e. The van der Waals surface area contributed by atoms with Gasteiger partial charge in [-0.15, -0.1) is 0 Å². The predicted molar refractivity (Wildman–Crippen MR) is 134 cm³/mol. The van der Waals surface area contributed by atoms with Gasteiger partial charge in [-0.05, 0) is 65.1 Å². The van der Waals surface area contributed by atoms with Crippen LogP contribution >= 0.6 is 34.2 Å². The van der Waals surface area contributed by atoms with Crippen molar-refractivity contribution >= 4 is 67.7 Å². The Morgan fingerprint density at radius 3 is 2.42 bits per heavy atom. The van der Waals surface area contributed by atoms with Gasteiger partial charge in [-0.2, -0.15) is 5.10 Å². The molecule has 0 fully saturated rings. The van der Waals surface area contributed by atoms with Crippen LogP contribution in [0.4, 0.5) is 11.4 Å². The third-order valence-electron chi connectivity index (χ3n) is 4.30. The average molecular weight is 599 g/mol. The highest BCUT2D eigenvalue weighted by molar-refractivity contribution is 14.1. The van der Waals surface area contributed by atoms with Gasteiger partial charge in [0.15, 0.2) is 0 Å². The first kappa shape index (κ1) is 24.6. The van der Waals surface area contributed by atoms with Crippen LogP contribution in [0.3, 0.4) is 0 Å². The molecular formula is C21H16ClIN4O5S. The largest absolute Gasteiger partial charge is 0.288 e. The van der Waals surface area contributed by atoms with E-state index in [1.807, 2.05) is 0 Å². The lowest BCUT2D eigenvalue weighted by Crippen LogP contribution is -2.39. The van der Waals surface area contributed by atoms with E-state index in [0.29, 0.717) is 11.3 Å². The predicted octanol–water partition coefficient (Wildman–Crippen LogP) is 4.20. The highest BCUT2D eigenvalue weighted by Gasteiger charge is 2.27. The van der Waals surface area contributed by atoms with Gasteiger partial charge in [0.2, 0.25) is 0 Å². The molecule has 0 spiro atoms. The van der Waals surface area contributed by atoms with Crippen molar-refractivity contribution in [3.05, 3.63) is 97.1 Å². The quantitative estimate of drug-likeness (QED) is 0.180. The molecule has 0 aromatic heterocycles. The number of nitro benzene ring substituents is 1. The standard InChI is InChI=1S/C21H16ClIN4O5S/c22-19-11-6-15(12-20(19)27(29)30)13-24-25-21(28)14-26(17-9-7-16(23)8-10-17)33(31,32)18-4-2-1-3-5-18/h1-13H,14H2,(H,25,28)/b24-13-. The second kappa shape index (κ2) is 10.7. The molecule has 12 heteroatoms. The fraction of sp³-hybridized carbons (Fsp3) is 0.0476. The number of anilines is 1. The number of carbonyl (C=O) groups excluding carboxylic acids is 1. The van der Waals surface area contributed by atoms with Crippen LogP contribution in [0.1, 0.15) is 5.56 Å². The number of rotatable bonds is 8. The molecule has 170 valence electrons. The summed E-state index contributed by atoms with van der Waals surface area (Å²) >= 11 is 7.87. The third-order valence-corrected chi connectivity index (χ3v) is 7.13. The topological polar surface area (TPSA) is 122 Å². The van der Waals surface area contributed by atoms with Gasteiger partial charge in [0.25, 0.3) is 21.6 Å². The van der Waals surface area contributed by atoms with Crippen molar-refractivity contribution in [3.8, 4) is 0 Å². The number of nitrogens with zero attached hydrogens (tertiary/aromatic N) is 3. The molecule has 1 amide bonds. The molecule has 0 aliphatic heterocycles. The Kier molecular flexibility index (Phi) is 8.00. The van der Waals surface area contributed by atoms with Gasteiger partial charge in [0, 0.05) is 15.2 Å². The molecule has 3 rings (SSSR count). The first-order chi connectivity index (χ1) is 15.7. The molecule has 0 aliphatic carbocycles. The van der Waals surface area contributed by atoms with Gasteiger partial charge in [-0.25, -0.2) is 13.8 Å². The Morgan fingerprint density at radius 2 is 1.79 bits per heavy atom. The van der Waals surface area contributed by atoms with Crippen molar-refractivity contribution in [2.75, 3.05) is 10.8 Å². The Balaban J connectivity index is 1.81. The maximum absolute atomic E-state index is 13.2. The first-order valence-corrected chi connectivity index (χ1v) is 12.2.